The molecule has 0 unspecified atom stereocenters. The first-order valence-corrected chi connectivity index (χ1v) is 8.84. The van der Waals surface area contributed by atoms with Crippen LogP contribution in [0.15, 0.2) is 60.0 Å². The van der Waals surface area contributed by atoms with Crippen molar-refractivity contribution in [3.8, 4) is 10.6 Å². The van der Waals surface area contributed by atoms with Gasteiger partial charge in [0.05, 0.1) is 10.6 Å². The van der Waals surface area contributed by atoms with E-state index >= 15 is 0 Å². The minimum Gasteiger partial charge on any atom is -0.268 e. The van der Waals surface area contributed by atoms with Crippen molar-refractivity contribution in [1.82, 2.24) is 9.97 Å². The molecule has 0 amide bonds. The number of pyridine rings is 1. The number of benzene rings is 1. The summed E-state index contributed by atoms with van der Waals surface area (Å²) in [5, 5.41) is 1.77. The van der Waals surface area contributed by atoms with Crippen molar-refractivity contribution in [2.45, 2.75) is 12.8 Å². The van der Waals surface area contributed by atoms with Crippen LogP contribution >= 0.6 is 22.9 Å². The number of rotatable bonds is 4. The van der Waals surface area contributed by atoms with Gasteiger partial charge < -0.3 is 0 Å². The lowest BCUT2D eigenvalue weighted by Gasteiger charge is -2.03. The van der Waals surface area contributed by atoms with Gasteiger partial charge in [0.15, 0.2) is 0 Å². The molecule has 0 radical (unpaired) electrons. The zero-order chi connectivity index (χ0) is 16.4. The predicted molar refractivity (Wildman–Crippen MR) is 101 cm³/mol. The Morgan fingerprint density at radius 1 is 1.04 bits per heavy atom. The molecule has 0 atom stereocenters. The quantitative estimate of drug-likeness (QED) is 0.642. The first-order valence-electron chi connectivity index (χ1n) is 7.65. The highest BCUT2D eigenvalue weighted by Gasteiger charge is 2.17. The minimum atomic E-state index is 0.752. The highest BCUT2D eigenvalue weighted by molar-refractivity contribution is 7.16. The molecule has 3 aromatic rings. The molecule has 0 bridgehead atoms. The van der Waals surface area contributed by atoms with Gasteiger partial charge >= 0.3 is 0 Å². The largest absolute Gasteiger partial charge is 0.268 e. The molecule has 0 saturated heterocycles. The van der Waals surface area contributed by atoms with Crippen LogP contribution < -0.4 is 0 Å². The summed E-state index contributed by atoms with van der Waals surface area (Å²) in [6.45, 7) is 0. The molecule has 0 saturated carbocycles. The summed E-state index contributed by atoms with van der Waals surface area (Å²) in [6.07, 6.45) is 9.12. The second-order valence-corrected chi connectivity index (χ2v) is 6.96. The van der Waals surface area contributed by atoms with E-state index in [0.717, 1.165) is 34.1 Å². The lowest BCUT2D eigenvalue weighted by atomic mass is 10.1. The Hall–Kier alpha value is -2.30. The van der Waals surface area contributed by atoms with Crippen molar-refractivity contribution in [3.05, 3.63) is 76.1 Å². The number of aliphatic imine (C=N–C) groups is 1. The van der Waals surface area contributed by atoms with Crippen LogP contribution in [0.1, 0.15) is 22.6 Å². The normalized spacial score (nSPS) is 13.3. The molecule has 4 rings (SSSR count). The number of halogens is 1. The van der Waals surface area contributed by atoms with Gasteiger partial charge in [0.25, 0.3) is 0 Å². The summed E-state index contributed by atoms with van der Waals surface area (Å²) in [5.41, 5.74) is 4.62. The lowest BCUT2D eigenvalue weighted by molar-refractivity contribution is 1.10. The molecule has 0 spiro atoms. The van der Waals surface area contributed by atoms with E-state index in [9.17, 15) is 0 Å². The second kappa shape index (κ2) is 6.67. The van der Waals surface area contributed by atoms with Crippen LogP contribution in [0.2, 0.25) is 5.02 Å². The number of allylic oxidation sites excluding steroid dienone is 1. The van der Waals surface area contributed by atoms with Gasteiger partial charge in [-0.25, -0.2) is 4.98 Å². The van der Waals surface area contributed by atoms with E-state index in [1.807, 2.05) is 36.7 Å². The van der Waals surface area contributed by atoms with E-state index in [1.54, 1.807) is 23.7 Å². The Kier molecular flexibility index (Phi) is 4.24. The van der Waals surface area contributed by atoms with Gasteiger partial charge in [-0.1, -0.05) is 23.7 Å². The maximum atomic E-state index is 5.99. The molecule has 1 aliphatic heterocycles. The SMILES string of the molecule is Clc1ccc(Cc2nc(-c3ccncc3)sc2C2=CN=CC2)cc1. The van der Waals surface area contributed by atoms with Crippen molar-refractivity contribution in [1.29, 1.82) is 0 Å². The van der Waals surface area contributed by atoms with Crippen LogP contribution in [0.4, 0.5) is 0 Å². The summed E-state index contributed by atoms with van der Waals surface area (Å²) in [7, 11) is 0. The maximum absolute atomic E-state index is 5.99. The number of hydrogen-bond acceptors (Lipinski definition) is 4. The molecule has 1 aromatic carbocycles. The Labute approximate surface area is 149 Å². The Morgan fingerprint density at radius 3 is 2.54 bits per heavy atom. The summed E-state index contributed by atoms with van der Waals surface area (Å²) < 4.78 is 0. The van der Waals surface area contributed by atoms with Crippen LogP contribution in [0, 0.1) is 0 Å². The molecule has 0 N–H and O–H groups in total. The number of aromatic nitrogens is 2. The average molecular weight is 352 g/mol. The monoisotopic (exact) mass is 351 g/mol. The fourth-order valence-corrected chi connectivity index (χ4v) is 3.87. The van der Waals surface area contributed by atoms with Crippen molar-refractivity contribution in [3.63, 3.8) is 0 Å². The smallest absolute Gasteiger partial charge is 0.124 e. The van der Waals surface area contributed by atoms with Crippen molar-refractivity contribution in [2.75, 3.05) is 0 Å². The maximum Gasteiger partial charge on any atom is 0.124 e. The zero-order valence-electron chi connectivity index (χ0n) is 12.8. The molecule has 118 valence electrons. The first-order chi connectivity index (χ1) is 11.8. The van der Waals surface area contributed by atoms with E-state index < -0.39 is 0 Å². The standard InChI is InChI=1S/C19H14ClN3S/c20-16-3-1-13(2-4-16)11-17-18(15-7-10-22-12-15)24-19(23-17)14-5-8-21-9-6-14/h1-6,8-10,12H,7,11H2. The van der Waals surface area contributed by atoms with E-state index in [2.05, 4.69) is 22.1 Å². The third-order valence-electron chi connectivity index (χ3n) is 3.85. The van der Waals surface area contributed by atoms with Crippen LogP contribution in [-0.2, 0) is 6.42 Å². The van der Waals surface area contributed by atoms with Gasteiger partial charge in [0.2, 0.25) is 0 Å². The molecular formula is C19H14ClN3S. The van der Waals surface area contributed by atoms with Crippen molar-refractivity contribution < 1.29 is 0 Å². The number of thiazole rings is 1. The van der Waals surface area contributed by atoms with Crippen molar-refractivity contribution in [2.24, 2.45) is 4.99 Å². The number of hydrogen-bond donors (Lipinski definition) is 0. The van der Waals surface area contributed by atoms with Crippen molar-refractivity contribution >= 4 is 34.7 Å². The third kappa shape index (κ3) is 3.16. The zero-order valence-corrected chi connectivity index (χ0v) is 14.4. The number of nitrogens with zero attached hydrogens (tertiary/aromatic N) is 3. The van der Waals surface area contributed by atoms with Gasteiger partial charge in [-0.3, -0.25) is 9.98 Å². The van der Waals surface area contributed by atoms with Gasteiger partial charge in [-0.05, 0) is 35.4 Å². The van der Waals surface area contributed by atoms with Crippen LogP contribution in [0.5, 0.6) is 0 Å². The molecule has 0 fully saturated rings. The van der Waals surface area contributed by atoms with Crippen LogP contribution in [-0.4, -0.2) is 16.2 Å². The fourth-order valence-electron chi connectivity index (χ4n) is 2.63. The highest BCUT2D eigenvalue weighted by atomic mass is 35.5. The summed E-state index contributed by atoms with van der Waals surface area (Å²) in [4.78, 5) is 14.5. The van der Waals surface area contributed by atoms with E-state index in [-0.39, 0.29) is 0 Å². The Bertz CT molecular complexity index is 912. The average Bonchev–Trinajstić information content (AvgIpc) is 3.27. The molecule has 24 heavy (non-hydrogen) atoms. The molecule has 1 aliphatic rings. The third-order valence-corrected chi connectivity index (χ3v) is 5.32. The Balaban J connectivity index is 1.73. The van der Waals surface area contributed by atoms with E-state index in [0.29, 0.717) is 0 Å². The van der Waals surface area contributed by atoms with Gasteiger partial charge in [-0.15, -0.1) is 11.3 Å². The predicted octanol–water partition coefficient (Wildman–Crippen LogP) is 5.26. The van der Waals surface area contributed by atoms with Gasteiger partial charge in [0.1, 0.15) is 5.01 Å². The topological polar surface area (TPSA) is 38.1 Å². The Morgan fingerprint density at radius 2 is 1.83 bits per heavy atom. The molecule has 2 aromatic heterocycles. The molecular weight excluding hydrogens is 338 g/mol. The van der Waals surface area contributed by atoms with Gasteiger partial charge in [0, 0.05) is 48.2 Å². The van der Waals surface area contributed by atoms with E-state index in [1.165, 1.54) is 16.0 Å². The molecule has 5 heteroatoms. The highest BCUT2D eigenvalue weighted by Crippen LogP contribution is 2.35. The molecule has 0 aliphatic carbocycles. The fraction of sp³-hybridized carbons (Fsp3) is 0.105. The van der Waals surface area contributed by atoms with Crippen LogP contribution in [0.3, 0.4) is 0 Å². The summed E-state index contributed by atoms with van der Waals surface area (Å²) >= 11 is 7.71. The summed E-state index contributed by atoms with van der Waals surface area (Å²) in [6, 6.07) is 11.9. The van der Waals surface area contributed by atoms with Gasteiger partial charge in [-0.2, -0.15) is 0 Å². The van der Waals surface area contributed by atoms with E-state index in [4.69, 9.17) is 16.6 Å². The second-order valence-electron chi connectivity index (χ2n) is 5.52. The van der Waals surface area contributed by atoms with Crippen LogP contribution in [0.25, 0.3) is 16.1 Å². The lowest BCUT2D eigenvalue weighted by Crippen LogP contribution is -1.93. The molecule has 3 heterocycles. The molecule has 3 nitrogen and oxygen atoms in total. The summed E-state index contributed by atoms with van der Waals surface area (Å²) in [5.74, 6) is 0. The minimum absolute atomic E-state index is 0.752. The first kappa shape index (κ1) is 15.2.